The number of carbonyl (C=O) groups is 3. The van der Waals surface area contributed by atoms with E-state index in [1.165, 1.54) is 0 Å². The molecular formula is C29H36N4O4. The van der Waals surface area contributed by atoms with Crippen molar-refractivity contribution in [2.45, 2.75) is 44.8 Å². The molecule has 1 N–H and O–H groups in total. The van der Waals surface area contributed by atoms with E-state index in [4.69, 9.17) is 4.74 Å². The first-order valence-corrected chi connectivity index (χ1v) is 13.4. The fourth-order valence-electron chi connectivity index (χ4n) is 5.53. The zero-order valence-corrected chi connectivity index (χ0v) is 21.5. The summed E-state index contributed by atoms with van der Waals surface area (Å²) in [7, 11) is 0. The van der Waals surface area contributed by atoms with Gasteiger partial charge in [-0.1, -0.05) is 29.8 Å². The Balaban J connectivity index is 1.16. The molecule has 0 radical (unpaired) electrons. The van der Waals surface area contributed by atoms with E-state index in [0.29, 0.717) is 43.9 Å². The molecule has 5 rings (SSSR count). The standard InChI is InChI=1S/C29H36N4O4/c1-21-6-4-7-22(20-21)27(34)30-23-11-13-31(14-12-23)25-9-3-2-8-24(25)28(35)32-15-17-33(18-16-32)29(36)26-10-5-19-37-26/h2-4,6-9,20,23,26H,5,10-19H2,1H3,(H,30,34). The van der Waals surface area contributed by atoms with Crippen molar-refractivity contribution in [2.75, 3.05) is 50.8 Å². The van der Waals surface area contributed by atoms with Crippen LogP contribution >= 0.6 is 0 Å². The summed E-state index contributed by atoms with van der Waals surface area (Å²) in [6, 6.07) is 15.5. The monoisotopic (exact) mass is 504 g/mol. The molecule has 3 aliphatic rings. The molecule has 3 aliphatic heterocycles. The number of benzene rings is 2. The number of hydrogen-bond acceptors (Lipinski definition) is 5. The molecule has 37 heavy (non-hydrogen) atoms. The number of rotatable bonds is 5. The lowest BCUT2D eigenvalue weighted by atomic mass is 10.0. The molecule has 2 aromatic rings. The minimum atomic E-state index is -0.313. The van der Waals surface area contributed by atoms with Gasteiger partial charge in [-0.15, -0.1) is 0 Å². The van der Waals surface area contributed by atoms with Crippen molar-refractivity contribution in [3.63, 3.8) is 0 Å². The van der Waals surface area contributed by atoms with Crippen LogP contribution in [0.25, 0.3) is 0 Å². The zero-order chi connectivity index (χ0) is 25.8. The van der Waals surface area contributed by atoms with Crippen molar-refractivity contribution in [1.29, 1.82) is 0 Å². The molecule has 1 atom stereocenters. The van der Waals surface area contributed by atoms with E-state index in [-0.39, 0.29) is 29.9 Å². The molecule has 8 heteroatoms. The molecule has 196 valence electrons. The van der Waals surface area contributed by atoms with E-state index >= 15 is 0 Å². The van der Waals surface area contributed by atoms with Gasteiger partial charge in [-0.25, -0.2) is 0 Å². The molecular weight excluding hydrogens is 468 g/mol. The van der Waals surface area contributed by atoms with Crippen LogP contribution < -0.4 is 10.2 Å². The minimum absolute atomic E-state index is 0.00897. The normalized spacial score (nSPS) is 20.7. The molecule has 3 fully saturated rings. The Labute approximate surface area is 218 Å². The molecule has 3 heterocycles. The molecule has 2 aromatic carbocycles. The van der Waals surface area contributed by atoms with E-state index in [0.717, 1.165) is 50.0 Å². The quantitative estimate of drug-likeness (QED) is 0.677. The van der Waals surface area contributed by atoms with Gasteiger partial charge in [0, 0.05) is 63.2 Å². The summed E-state index contributed by atoms with van der Waals surface area (Å²) >= 11 is 0. The van der Waals surface area contributed by atoms with Crippen LogP contribution in [0, 0.1) is 6.92 Å². The minimum Gasteiger partial charge on any atom is -0.371 e. The predicted molar refractivity (Wildman–Crippen MR) is 142 cm³/mol. The number of amides is 3. The second kappa shape index (κ2) is 11.3. The van der Waals surface area contributed by atoms with Crippen LogP contribution in [0.2, 0.25) is 0 Å². The third-order valence-electron chi connectivity index (χ3n) is 7.67. The lowest BCUT2D eigenvalue weighted by Crippen LogP contribution is -2.53. The van der Waals surface area contributed by atoms with Crippen LogP contribution in [0.15, 0.2) is 48.5 Å². The molecule has 0 aromatic heterocycles. The highest BCUT2D eigenvalue weighted by molar-refractivity contribution is 6.00. The first-order valence-electron chi connectivity index (χ1n) is 13.4. The Hall–Kier alpha value is -3.39. The van der Waals surface area contributed by atoms with Gasteiger partial charge in [-0.2, -0.15) is 0 Å². The summed E-state index contributed by atoms with van der Waals surface area (Å²) < 4.78 is 5.55. The number of aryl methyl sites for hydroxylation is 1. The van der Waals surface area contributed by atoms with Gasteiger partial charge in [0.25, 0.3) is 17.7 Å². The third kappa shape index (κ3) is 5.80. The fraction of sp³-hybridized carbons (Fsp3) is 0.483. The average molecular weight is 505 g/mol. The highest BCUT2D eigenvalue weighted by atomic mass is 16.5. The lowest BCUT2D eigenvalue weighted by molar-refractivity contribution is -0.142. The summed E-state index contributed by atoms with van der Waals surface area (Å²) in [5.74, 6) is 0.0342. The average Bonchev–Trinajstić information content (AvgIpc) is 3.48. The van der Waals surface area contributed by atoms with Gasteiger partial charge in [0.2, 0.25) is 0 Å². The van der Waals surface area contributed by atoms with Gasteiger partial charge in [0.15, 0.2) is 0 Å². The van der Waals surface area contributed by atoms with Crippen LogP contribution in [0.3, 0.4) is 0 Å². The Bertz CT molecular complexity index is 1130. The Kier molecular flexibility index (Phi) is 7.74. The molecule has 0 bridgehead atoms. The highest BCUT2D eigenvalue weighted by Crippen LogP contribution is 2.26. The van der Waals surface area contributed by atoms with E-state index in [1.54, 1.807) is 0 Å². The molecule has 1 unspecified atom stereocenters. The van der Waals surface area contributed by atoms with Crippen molar-refractivity contribution in [1.82, 2.24) is 15.1 Å². The maximum atomic E-state index is 13.5. The first kappa shape index (κ1) is 25.3. The van der Waals surface area contributed by atoms with E-state index in [1.807, 2.05) is 65.3 Å². The predicted octanol–water partition coefficient (Wildman–Crippen LogP) is 2.86. The maximum Gasteiger partial charge on any atom is 0.256 e. The maximum absolute atomic E-state index is 13.5. The van der Waals surface area contributed by atoms with Crippen molar-refractivity contribution in [2.24, 2.45) is 0 Å². The van der Waals surface area contributed by atoms with Crippen molar-refractivity contribution >= 4 is 23.4 Å². The summed E-state index contributed by atoms with van der Waals surface area (Å²) in [6.45, 7) is 6.31. The number of anilines is 1. The molecule has 3 saturated heterocycles. The Morgan fingerprint density at radius 2 is 1.59 bits per heavy atom. The van der Waals surface area contributed by atoms with E-state index < -0.39 is 0 Å². The summed E-state index contributed by atoms with van der Waals surface area (Å²) in [6.07, 6.45) is 3.06. The van der Waals surface area contributed by atoms with Gasteiger partial charge in [0.05, 0.1) is 5.56 Å². The van der Waals surface area contributed by atoms with Gasteiger partial charge in [-0.05, 0) is 56.9 Å². The molecule has 0 saturated carbocycles. The van der Waals surface area contributed by atoms with Crippen LogP contribution in [-0.4, -0.2) is 85.5 Å². The molecule has 0 spiro atoms. The van der Waals surface area contributed by atoms with Crippen LogP contribution in [0.5, 0.6) is 0 Å². The van der Waals surface area contributed by atoms with Crippen LogP contribution in [0.4, 0.5) is 5.69 Å². The van der Waals surface area contributed by atoms with Crippen molar-refractivity contribution in [3.05, 3.63) is 65.2 Å². The van der Waals surface area contributed by atoms with Crippen LogP contribution in [-0.2, 0) is 9.53 Å². The number of ether oxygens (including phenoxy) is 1. The molecule has 0 aliphatic carbocycles. The number of piperidine rings is 1. The van der Waals surface area contributed by atoms with Crippen molar-refractivity contribution < 1.29 is 19.1 Å². The molecule has 8 nitrogen and oxygen atoms in total. The van der Waals surface area contributed by atoms with E-state index in [2.05, 4.69) is 10.2 Å². The van der Waals surface area contributed by atoms with Gasteiger partial charge in [-0.3, -0.25) is 14.4 Å². The number of carbonyl (C=O) groups excluding carboxylic acids is 3. The Morgan fingerprint density at radius 3 is 2.30 bits per heavy atom. The van der Waals surface area contributed by atoms with Crippen molar-refractivity contribution in [3.8, 4) is 0 Å². The number of piperazine rings is 1. The smallest absolute Gasteiger partial charge is 0.256 e. The Morgan fingerprint density at radius 1 is 0.865 bits per heavy atom. The summed E-state index contributed by atoms with van der Waals surface area (Å²) in [5.41, 5.74) is 3.40. The van der Waals surface area contributed by atoms with Gasteiger partial charge in [0.1, 0.15) is 6.10 Å². The first-order chi connectivity index (χ1) is 18.0. The number of para-hydroxylation sites is 1. The zero-order valence-electron chi connectivity index (χ0n) is 21.5. The highest BCUT2D eigenvalue weighted by Gasteiger charge is 2.32. The lowest BCUT2D eigenvalue weighted by Gasteiger charge is -2.37. The summed E-state index contributed by atoms with van der Waals surface area (Å²) in [4.78, 5) is 44.8. The second-order valence-corrected chi connectivity index (χ2v) is 10.2. The summed E-state index contributed by atoms with van der Waals surface area (Å²) in [5, 5.41) is 3.17. The van der Waals surface area contributed by atoms with Gasteiger partial charge >= 0.3 is 0 Å². The van der Waals surface area contributed by atoms with E-state index in [9.17, 15) is 14.4 Å². The fourth-order valence-corrected chi connectivity index (χ4v) is 5.53. The largest absolute Gasteiger partial charge is 0.371 e. The van der Waals surface area contributed by atoms with Crippen LogP contribution in [0.1, 0.15) is 52.0 Å². The SMILES string of the molecule is Cc1cccc(C(=O)NC2CCN(c3ccccc3C(=O)N3CCN(C(=O)C4CCCO4)CC3)CC2)c1. The van der Waals surface area contributed by atoms with Gasteiger partial charge < -0.3 is 24.8 Å². The molecule has 3 amide bonds. The topological polar surface area (TPSA) is 82.2 Å². The third-order valence-corrected chi connectivity index (χ3v) is 7.67. The second-order valence-electron chi connectivity index (χ2n) is 10.2. The number of nitrogens with zero attached hydrogens (tertiary/aromatic N) is 3. The number of hydrogen-bond donors (Lipinski definition) is 1. The number of nitrogens with one attached hydrogen (secondary N) is 1.